The van der Waals surface area contributed by atoms with Gasteiger partial charge in [0.2, 0.25) is 5.91 Å². The summed E-state index contributed by atoms with van der Waals surface area (Å²) in [5.41, 5.74) is 0.936. The lowest BCUT2D eigenvalue weighted by Gasteiger charge is -2.18. The third-order valence-corrected chi connectivity index (χ3v) is 3.38. The van der Waals surface area contributed by atoms with Crippen LogP contribution < -0.4 is 4.90 Å². The standard InChI is InChI=1S/C15H15N3O4/c1-10-16-13(22-17-10)9-21-15(20)11-5-2-3-6-12(11)18-8-4-7-14(18)19/h2-3,5-6H,4,7-9H2,1H3. The molecule has 22 heavy (non-hydrogen) atoms. The third-order valence-electron chi connectivity index (χ3n) is 3.38. The minimum atomic E-state index is -0.522. The van der Waals surface area contributed by atoms with Crippen LogP contribution in [0.3, 0.4) is 0 Å². The highest BCUT2D eigenvalue weighted by molar-refractivity contribution is 6.03. The number of amides is 1. The summed E-state index contributed by atoms with van der Waals surface area (Å²) in [6.45, 7) is 2.21. The zero-order valence-electron chi connectivity index (χ0n) is 12.1. The van der Waals surface area contributed by atoms with E-state index >= 15 is 0 Å². The Balaban J connectivity index is 1.76. The van der Waals surface area contributed by atoms with Crippen LogP contribution in [-0.4, -0.2) is 28.6 Å². The summed E-state index contributed by atoms with van der Waals surface area (Å²) in [5.74, 6) is 0.216. The van der Waals surface area contributed by atoms with Crippen molar-refractivity contribution in [3.05, 3.63) is 41.5 Å². The molecule has 0 atom stereocenters. The first-order valence-electron chi connectivity index (χ1n) is 7.01. The highest BCUT2D eigenvalue weighted by atomic mass is 16.6. The fourth-order valence-electron chi connectivity index (χ4n) is 2.39. The van der Waals surface area contributed by atoms with Gasteiger partial charge in [0.05, 0.1) is 11.3 Å². The van der Waals surface area contributed by atoms with Crippen LogP contribution in [0.5, 0.6) is 0 Å². The number of carbonyl (C=O) groups excluding carboxylic acids is 2. The number of ether oxygens (including phenoxy) is 1. The van der Waals surface area contributed by atoms with Crippen LogP contribution in [0, 0.1) is 6.92 Å². The van der Waals surface area contributed by atoms with Gasteiger partial charge in [0.1, 0.15) is 0 Å². The largest absolute Gasteiger partial charge is 0.452 e. The molecule has 1 amide bonds. The van der Waals surface area contributed by atoms with Crippen molar-refractivity contribution in [3.63, 3.8) is 0 Å². The van der Waals surface area contributed by atoms with Crippen molar-refractivity contribution >= 4 is 17.6 Å². The highest BCUT2D eigenvalue weighted by Crippen LogP contribution is 2.26. The predicted octanol–water partition coefficient (Wildman–Crippen LogP) is 1.86. The van der Waals surface area contributed by atoms with E-state index in [-0.39, 0.29) is 18.4 Å². The lowest BCUT2D eigenvalue weighted by Crippen LogP contribution is -2.26. The van der Waals surface area contributed by atoms with E-state index < -0.39 is 5.97 Å². The van der Waals surface area contributed by atoms with E-state index in [4.69, 9.17) is 9.26 Å². The summed E-state index contributed by atoms with van der Waals surface area (Å²) in [6, 6.07) is 6.91. The van der Waals surface area contributed by atoms with Crippen molar-refractivity contribution in [2.45, 2.75) is 26.4 Å². The number of anilines is 1. The molecule has 114 valence electrons. The van der Waals surface area contributed by atoms with E-state index in [1.165, 1.54) is 0 Å². The van der Waals surface area contributed by atoms with Gasteiger partial charge in [-0.2, -0.15) is 4.98 Å². The minimum Gasteiger partial charge on any atom is -0.452 e. The second kappa shape index (κ2) is 5.97. The topological polar surface area (TPSA) is 85.5 Å². The molecule has 0 aliphatic carbocycles. The molecular weight excluding hydrogens is 286 g/mol. The van der Waals surface area contributed by atoms with Crippen molar-refractivity contribution in [2.24, 2.45) is 0 Å². The molecule has 0 radical (unpaired) electrons. The number of hydrogen-bond donors (Lipinski definition) is 0. The lowest BCUT2D eigenvalue weighted by molar-refractivity contribution is -0.117. The molecule has 3 rings (SSSR count). The smallest absolute Gasteiger partial charge is 0.340 e. The van der Waals surface area contributed by atoms with Crippen molar-refractivity contribution in [1.29, 1.82) is 0 Å². The molecule has 0 spiro atoms. The third kappa shape index (κ3) is 2.83. The molecular formula is C15H15N3O4. The maximum atomic E-state index is 12.3. The van der Waals surface area contributed by atoms with Gasteiger partial charge in [0.25, 0.3) is 5.89 Å². The van der Waals surface area contributed by atoms with Gasteiger partial charge < -0.3 is 14.2 Å². The summed E-state index contributed by atoms with van der Waals surface area (Å²) in [7, 11) is 0. The number of aryl methyl sites for hydroxylation is 1. The molecule has 0 N–H and O–H groups in total. The van der Waals surface area contributed by atoms with Crippen molar-refractivity contribution < 1.29 is 18.8 Å². The summed E-state index contributed by atoms with van der Waals surface area (Å²) in [5, 5.41) is 3.63. The predicted molar refractivity (Wildman–Crippen MR) is 76.2 cm³/mol. The Kier molecular flexibility index (Phi) is 3.86. The number of hydrogen-bond acceptors (Lipinski definition) is 6. The van der Waals surface area contributed by atoms with Gasteiger partial charge in [-0.1, -0.05) is 17.3 Å². The number of esters is 1. The van der Waals surface area contributed by atoms with E-state index in [9.17, 15) is 9.59 Å². The molecule has 2 heterocycles. The molecule has 1 aliphatic rings. The Morgan fingerprint density at radius 1 is 1.41 bits per heavy atom. The molecule has 2 aromatic rings. The lowest BCUT2D eigenvalue weighted by atomic mass is 10.1. The molecule has 0 bridgehead atoms. The average Bonchev–Trinajstić information content (AvgIpc) is 3.13. The second-order valence-electron chi connectivity index (χ2n) is 4.98. The van der Waals surface area contributed by atoms with Gasteiger partial charge in [0, 0.05) is 13.0 Å². The molecule has 1 aliphatic heterocycles. The van der Waals surface area contributed by atoms with Gasteiger partial charge in [0.15, 0.2) is 12.4 Å². The SMILES string of the molecule is Cc1noc(COC(=O)c2ccccc2N2CCCC2=O)n1. The van der Waals surface area contributed by atoms with Crippen LogP contribution >= 0.6 is 0 Å². The van der Waals surface area contributed by atoms with Gasteiger partial charge in [-0.15, -0.1) is 0 Å². The van der Waals surface area contributed by atoms with Crippen LogP contribution in [0.1, 0.15) is 34.9 Å². The molecule has 1 aromatic carbocycles. The molecule has 0 unspecified atom stereocenters. The monoisotopic (exact) mass is 301 g/mol. The average molecular weight is 301 g/mol. The quantitative estimate of drug-likeness (QED) is 0.801. The Bertz CT molecular complexity index is 710. The molecule has 0 saturated carbocycles. The summed E-state index contributed by atoms with van der Waals surface area (Å²) in [6.07, 6.45) is 1.30. The number of nitrogens with zero attached hydrogens (tertiary/aromatic N) is 3. The number of para-hydroxylation sites is 1. The Morgan fingerprint density at radius 2 is 2.23 bits per heavy atom. The first-order valence-corrected chi connectivity index (χ1v) is 7.01. The maximum Gasteiger partial charge on any atom is 0.340 e. The number of carbonyl (C=O) groups is 2. The van der Waals surface area contributed by atoms with E-state index in [0.29, 0.717) is 30.0 Å². The molecule has 1 aromatic heterocycles. The van der Waals surface area contributed by atoms with Gasteiger partial charge in [-0.05, 0) is 25.5 Å². The van der Waals surface area contributed by atoms with Gasteiger partial charge in [-0.3, -0.25) is 4.79 Å². The summed E-state index contributed by atoms with van der Waals surface area (Å²) < 4.78 is 10.1. The molecule has 7 heteroatoms. The molecule has 1 fully saturated rings. The highest BCUT2D eigenvalue weighted by Gasteiger charge is 2.26. The Hall–Kier alpha value is -2.70. The van der Waals surface area contributed by atoms with Crippen LogP contribution in [0.2, 0.25) is 0 Å². The first-order chi connectivity index (χ1) is 10.6. The summed E-state index contributed by atoms with van der Waals surface area (Å²) >= 11 is 0. The fraction of sp³-hybridized carbons (Fsp3) is 0.333. The maximum absolute atomic E-state index is 12.3. The van der Waals surface area contributed by atoms with E-state index in [2.05, 4.69) is 10.1 Å². The Labute approximate surface area is 126 Å². The van der Waals surface area contributed by atoms with Crippen LogP contribution in [0.4, 0.5) is 5.69 Å². The molecule has 7 nitrogen and oxygen atoms in total. The van der Waals surface area contributed by atoms with Crippen LogP contribution in [-0.2, 0) is 16.1 Å². The number of aromatic nitrogens is 2. The Morgan fingerprint density at radius 3 is 2.91 bits per heavy atom. The van der Waals surface area contributed by atoms with Crippen molar-refractivity contribution in [1.82, 2.24) is 10.1 Å². The van der Waals surface area contributed by atoms with Gasteiger partial charge >= 0.3 is 5.97 Å². The van der Waals surface area contributed by atoms with Crippen molar-refractivity contribution in [3.8, 4) is 0 Å². The zero-order chi connectivity index (χ0) is 15.5. The van der Waals surface area contributed by atoms with Crippen LogP contribution in [0.25, 0.3) is 0 Å². The minimum absolute atomic E-state index is 0.0211. The summed E-state index contributed by atoms with van der Waals surface area (Å²) in [4.78, 5) is 29.7. The second-order valence-corrected chi connectivity index (χ2v) is 4.98. The van der Waals surface area contributed by atoms with Gasteiger partial charge in [-0.25, -0.2) is 4.79 Å². The normalized spacial score (nSPS) is 14.4. The van der Waals surface area contributed by atoms with E-state index in [1.54, 1.807) is 36.1 Å². The zero-order valence-corrected chi connectivity index (χ0v) is 12.1. The molecule has 1 saturated heterocycles. The van der Waals surface area contributed by atoms with E-state index in [0.717, 1.165) is 6.42 Å². The number of rotatable bonds is 4. The van der Waals surface area contributed by atoms with E-state index in [1.807, 2.05) is 0 Å². The fourth-order valence-corrected chi connectivity index (χ4v) is 2.39. The number of benzene rings is 1. The first kappa shape index (κ1) is 14.2. The van der Waals surface area contributed by atoms with Crippen molar-refractivity contribution in [2.75, 3.05) is 11.4 Å². The van der Waals surface area contributed by atoms with Crippen LogP contribution in [0.15, 0.2) is 28.8 Å².